The highest BCUT2D eigenvalue weighted by atomic mass is 32.2. The predicted molar refractivity (Wildman–Crippen MR) is 112 cm³/mol. The van der Waals surface area contributed by atoms with Crippen LogP contribution in [0.3, 0.4) is 0 Å². The van der Waals surface area contributed by atoms with E-state index in [4.69, 9.17) is 0 Å². The van der Waals surface area contributed by atoms with E-state index in [9.17, 15) is 9.59 Å². The van der Waals surface area contributed by atoms with Gasteiger partial charge in [-0.15, -0.1) is 23.1 Å². The molecule has 8 nitrogen and oxygen atoms in total. The topological polar surface area (TPSA) is 105 Å². The SMILES string of the molecule is Cc1sc2nc(CSC(C)C(=O)Nc3ccnc4ccnn34)[nH]c(=O)c2c1C. The molecule has 1 amide bonds. The molecule has 1 unspecified atom stereocenters. The van der Waals surface area contributed by atoms with Crippen LogP contribution < -0.4 is 10.9 Å². The maximum Gasteiger partial charge on any atom is 0.259 e. The minimum absolute atomic E-state index is 0.127. The molecule has 2 N–H and O–H groups in total. The fourth-order valence-electron chi connectivity index (χ4n) is 2.80. The molecule has 0 radical (unpaired) electrons. The normalized spacial score (nSPS) is 12.5. The number of aromatic nitrogens is 5. The Labute approximate surface area is 168 Å². The lowest BCUT2D eigenvalue weighted by molar-refractivity contribution is -0.115. The highest BCUT2D eigenvalue weighted by Gasteiger charge is 2.17. The number of nitrogens with zero attached hydrogens (tertiary/aromatic N) is 4. The van der Waals surface area contributed by atoms with Gasteiger partial charge in [-0.1, -0.05) is 0 Å². The summed E-state index contributed by atoms with van der Waals surface area (Å²) in [4.78, 5) is 38.3. The number of hydrogen-bond donors (Lipinski definition) is 2. The van der Waals surface area contributed by atoms with Gasteiger partial charge in [0.15, 0.2) is 5.65 Å². The second kappa shape index (κ2) is 7.36. The lowest BCUT2D eigenvalue weighted by Gasteiger charge is -2.12. The van der Waals surface area contributed by atoms with Gasteiger partial charge in [0.25, 0.3) is 5.56 Å². The molecular weight excluding hydrogens is 396 g/mol. The van der Waals surface area contributed by atoms with E-state index >= 15 is 0 Å². The number of aryl methyl sites for hydroxylation is 2. The van der Waals surface area contributed by atoms with Crippen molar-refractivity contribution in [1.29, 1.82) is 0 Å². The minimum atomic E-state index is -0.341. The molecule has 0 spiro atoms. The molecule has 4 rings (SSSR count). The Balaban J connectivity index is 1.46. The number of thioether (sulfide) groups is 1. The lowest BCUT2D eigenvalue weighted by atomic mass is 10.2. The molecule has 4 heterocycles. The molecule has 10 heteroatoms. The molecule has 0 aliphatic carbocycles. The minimum Gasteiger partial charge on any atom is -0.310 e. The van der Waals surface area contributed by atoms with Crippen molar-refractivity contribution in [3.8, 4) is 0 Å². The van der Waals surface area contributed by atoms with E-state index in [-0.39, 0.29) is 16.7 Å². The number of fused-ring (bicyclic) bond motifs is 2. The maximum absolute atomic E-state index is 12.5. The van der Waals surface area contributed by atoms with Crippen LogP contribution in [-0.2, 0) is 10.5 Å². The first kappa shape index (κ1) is 18.6. The molecule has 28 heavy (non-hydrogen) atoms. The summed E-state index contributed by atoms with van der Waals surface area (Å²) in [6, 6.07) is 3.46. The van der Waals surface area contributed by atoms with Crippen molar-refractivity contribution in [2.75, 3.05) is 5.32 Å². The van der Waals surface area contributed by atoms with Crippen LogP contribution in [0.1, 0.15) is 23.2 Å². The zero-order chi connectivity index (χ0) is 19.8. The van der Waals surface area contributed by atoms with Gasteiger partial charge in [0.2, 0.25) is 5.91 Å². The zero-order valence-electron chi connectivity index (χ0n) is 15.5. The number of amides is 1. The van der Waals surface area contributed by atoms with Gasteiger partial charge in [0.05, 0.1) is 22.6 Å². The number of rotatable bonds is 5. The van der Waals surface area contributed by atoms with Gasteiger partial charge in [-0.25, -0.2) is 9.97 Å². The molecule has 4 aromatic rings. The number of aromatic amines is 1. The van der Waals surface area contributed by atoms with E-state index in [0.717, 1.165) is 15.3 Å². The van der Waals surface area contributed by atoms with Crippen molar-refractivity contribution in [2.24, 2.45) is 0 Å². The second-order valence-electron chi connectivity index (χ2n) is 6.35. The summed E-state index contributed by atoms with van der Waals surface area (Å²) in [5.41, 5.74) is 1.51. The van der Waals surface area contributed by atoms with Gasteiger partial charge in [-0.05, 0) is 32.4 Å². The van der Waals surface area contributed by atoms with Gasteiger partial charge in [0, 0.05) is 17.1 Å². The van der Waals surface area contributed by atoms with Gasteiger partial charge in [-0.2, -0.15) is 9.61 Å². The monoisotopic (exact) mass is 414 g/mol. The third-order valence-electron chi connectivity index (χ3n) is 4.47. The molecule has 0 aliphatic rings. The lowest BCUT2D eigenvalue weighted by Crippen LogP contribution is -2.24. The maximum atomic E-state index is 12.5. The number of anilines is 1. The summed E-state index contributed by atoms with van der Waals surface area (Å²) in [7, 11) is 0. The first-order valence-electron chi connectivity index (χ1n) is 8.64. The highest BCUT2D eigenvalue weighted by Crippen LogP contribution is 2.26. The van der Waals surface area contributed by atoms with Crippen LogP contribution in [0.15, 0.2) is 29.3 Å². The Kier molecular flexibility index (Phi) is 4.90. The molecular formula is C18H18N6O2S2. The van der Waals surface area contributed by atoms with Crippen LogP contribution in [0.2, 0.25) is 0 Å². The molecule has 0 saturated heterocycles. The number of H-pyrrole nitrogens is 1. The summed E-state index contributed by atoms with van der Waals surface area (Å²) >= 11 is 2.92. The molecule has 0 fully saturated rings. The molecule has 0 aromatic carbocycles. The molecule has 0 saturated carbocycles. The number of hydrogen-bond acceptors (Lipinski definition) is 7. The molecule has 144 valence electrons. The number of nitrogens with one attached hydrogen (secondary N) is 2. The first-order valence-corrected chi connectivity index (χ1v) is 10.5. The van der Waals surface area contributed by atoms with Crippen molar-refractivity contribution in [1.82, 2.24) is 24.6 Å². The molecule has 0 bridgehead atoms. The Morgan fingerprint density at radius 3 is 3.00 bits per heavy atom. The fraction of sp³-hybridized carbons (Fsp3) is 0.278. The Morgan fingerprint density at radius 2 is 2.18 bits per heavy atom. The standard InChI is InChI=1S/C18H18N6O2S2/c1-9-10(2)28-18-15(9)17(26)21-12(22-18)8-27-11(3)16(25)23-14-4-6-19-13-5-7-20-24(13)14/h4-7,11H,8H2,1-3H3,(H,23,25)(H,21,22,26). The van der Waals surface area contributed by atoms with Crippen LogP contribution in [0.25, 0.3) is 15.9 Å². The van der Waals surface area contributed by atoms with Crippen molar-refractivity contribution < 1.29 is 4.79 Å². The molecule has 0 aliphatic heterocycles. The predicted octanol–water partition coefficient (Wildman–Crippen LogP) is 2.90. The largest absolute Gasteiger partial charge is 0.310 e. The fourth-order valence-corrected chi connectivity index (χ4v) is 4.61. The summed E-state index contributed by atoms with van der Waals surface area (Å²) in [5.74, 6) is 1.41. The Morgan fingerprint density at radius 1 is 1.36 bits per heavy atom. The summed E-state index contributed by atoms with van der Waals surface area (Å²) < 4.78 is 1.57. The third-order valence-corrected chi connectivity index (χ3v) is 6.72. The number of carbonyl (C=O) groups is 1. The van der Waals surface area contributed by atoms with Crippen LogP contribution in [0.5, 0.6) is 0 Å². The van der Waals surface area contributed by atoms with E-state index in [1.165, 1.54) is 23.1 Å². The van der Waals surface area contributed by atoms with Gasteiger partial charge in [0.1, 0.15) is 16.5 Å². The highest BCUT2D eigenvalue weighted by molar-refractivity contribution is 7.99. The molecule has 4 aromatic heterocycles. The third kappa shape index (κ3) is 3.40. The average Bonchev–Trinajstić information content (AvgIpc) is 3.25. The quantitative estimate of drug-likeness (QED) is 0.520. The summed E-state index contributed by atoms with van der Waals surface area (Å²) in [6.45, 7) is 5.73. The van der Waals surface area contributed by atoms with Gasteiger partial charge >= 0.3 is 0 Å². The van der Waals surface area contributed by atoms with E-state index in [0.29, 0.717) is 28.4 Å². The van der Waals surface area contributed by atoms with E-state index in [1.807, 2.05) is 20.8 Å². The van der Waals surface area contributed by atoms with Crippen molar-refractivity contribution in [3.63, 3.8) is 0 Å². The van der Waals surface area contributed by atoms with Crippen molar-refractivity contribution in [2.45, 2.75) is 31.8 Å². The van der Waals surface area contributed by atoms with E-state index < -0.39 is 0 Å². The van der Waals surface area contributed by atoms with Crippen LogP contribution in [0.4, 0.5) is 5.82 Å². The average molecular weight is 415 g/mol. The van der Waals surface area contributed by atoms with Crippen LogP contribution in [0, 0.1) is 13.8 Å². The summed E-state index contributed by atoms with van der Waals surface area (Å²) in [5, 5.41) is 7.34. The van der Waals surface area contributed by atoms with E-state index in [2.05, 4.69) is 25.4 Å². The Bertz CT molecular complexity index is 1240. The second-order valence-corrected chi connectivity index (χ2v) is 8.88. The van der Waals surface area contributed by atoms with Crippen molar-refractivity contribution in [3.05, 3.63) is 51.1 Å². The number of thiophene rings is 1. The van der Waals surface area contributed by atoms with Crippen molar-refractivity contribution >= 4 is 50.7 Å². The number of carbonyl (C=O) groups excluding carboxylic acids is 1. The van der Waals surface area contributed by atoms with Crippen LogP contribution >= 0.6 is 23.1 Å². The van der Waals surface area contributed by atoms with E-state index in [1.54, 1.807) is 29.0 Å². The first-order chi connectivity index (χ1) is 13.4. The summed E-state index contributed by atoms with van der Waals surface area (Å²) in [6.07, 6.45) is 3.25. The Hall–Kier alpha value is -2.72. The van der Waals surface area contributed by atoms with Crippen LogP contribution in [-0.4, -0.2) is 35.7 Å². The van der Waals surface area contributed by atoms with Gasteiger partial charge < -0.3 is 10.3 Å². The van der Waals surface area contributed by atoms with Gasteiger partial charge in [-0.3, -0.25) is 9.59 Å². The zero-order valence-corrected chi connectivity index (χ0v) is 17.1. The smallest absolute Gasteiger partial charge is 0.259 e. The molecule has 1 atom stereocenters.